The van der Waals surface area contributed by atoms with Crippen LogP contribution in [0.3, 0.4) is 0 Å². The van der Waals surface area contributed by atoms with Gasteiger partial charge in [0.2, 0.25) is 0 Å². The Hall–Kier alpha value is -1.32. The first-order chi connectivity index (χ1) is 10.2. The van der Waals surface area contributed by atoms with Crippen molar-refractivity contribution in [3.63, 3.8) is 0 Å². The van der Waals surface area contributed by atoms with Crippen LogP contribution in [0.1, 0.15) is 63.8 Å². The third-order valence-corrected chi connectivity index (χ3v) is 4.59. The summed E-state index contributed by atoms with van der Waals surface area (Å²) in [5.74, 6) is 3.64. The lowest BCUT2D eigenvalue weighted by atomic mass is 9.97. The fraction of sp³-hybridized carbons (Fsp3) is 0.765. The second-order valence-electron chi connectivity index (χ2n) is 6.33. The molecule has 1 aromatic rings. The predicted molar refractivity (Wildman–Crippen MR) is 90.0 cm³/mol. The maximum absolute atomic E-state index is 4.77. The van der Waals surface area contributed by atoms with Crippen molar-refractivity contribution in [2.24, 2.45) is 5.92 Å². The minimum atomic E-state index is 0.542. The smallest absolute Gasteiger partial charge is 0.135 e. The Labute approximate surface area is 129 Å². The van der Waals surface area contributed by atoms with Crippen molar-refractivity contribution in [1.29, 1.82) is 0 Å². The molecule has 1 aromatic heterocycles. The van der Waals surface area contributed by atoms with Crippen LogP contribution in [0.5, 0.6) is 0 Å². The number of aromatic nitrogens is 2. The summed E-state index contributed by atoms with van der Waals surface area (Å²) in [6.07, 6.45) is 8.65. The van der Waals surface area contributed by atoms with Crippen LogP contribution >= 0.6 is 0 Å². The largest absolute Gasteiger partial charge is 0.373 e. The zero-order valence-corrected chi connectivity index (χ0v) is 14.0. The maximum Gasteiger partial charge on any atom is 0.135 e. The Morgan fingerprint density at radius 3 is 2.52 bits per heavy atom. The molecule has 1 aliphatic carbocycles. The third-order valence-electron chi connectivity index (χ3n) is 4.59. The van der Waals surface area contributed by atoms with Crippen LogP contribution in [-0.4, -0.2) is 23.1 Å². The number of hydrogen-bond acceptors (Lipinski definition) is 4. The minimum Gasteiger partial charge on any atom is -0.373 e. The van der Waals surface area contributed by atoms with Crippen molar-refractivity contribution in [1.82, 2.24) is 9.97 Å². The summed E-state index contributed by atoms with van der Waals surface area (Å²) < 4.78 is 0. The third kappa shape index (κ3) is 4.08. The van der Waals surface area contributed by atoms with Crippen molar-refractivity contribution in [3.05, 3.63) is 11.4 Å². The summed E-state index contributed by atoms with van der Waals surface area (Å²) in [6, 6.07) is 0.542. The highest BCUT2D eigenvalue weighted by Crippen LogP contribution is 2.28. The number of nitrogens with one attached hydrogen (secondary N) is 2. The molecular weight excluding hydrogens is 260 g/mol. The molecule has 2 unspecified atom stereocenters. The summed E-state index contributed by atoms with van der Waals surface area (Å²) in [6.45, 7) is 6.64. The van der Waals surface area contributed by atoms with Gasteiger partial charge in [0, 0.05) is 25.1 Å². The first kappa shape index (κ1) is 16.1. The number of hydrogen-bond donors (Lipinski definition) is 2. The first-order valence-electron chi connectivity index (χ1n) is 8.47. The maximum atomic E-state index is 4.77. The standard InChI is InChI=1S/C17H30N4/c1-5-9-15-20-16(18-4)13(3)17(21-15)19-14-11-8-6-7-10-12(14)2/h12,14H,5-11H2,1-4H3,(H2,18,19,20,21). The van der Waals surface area contributed by atoms with Gasteiger partial charge in [-0.05, 0) is 32.1 Å². The Morgan fingerprint density at radius 1 is 1.10 bits per heavy atom. The highest BCUT2D eigenvalue weighted by atomic mass is 15.1. The van der Waals surface area contributed by atoms with Gasteiger partial charge in [0.1, 0.15) is 17.5 Å². The van der Waals surface area contributed by atoms with Gasteiger partial charge in [-0.1, -0.05) is 33.1 Å². The Kier molecular flexibility index (Phi) is 5.83. The number of nitrogens with zero attached hydrogens (tertiary/aromatic N) is 2. The molecule has 0 bridgehead atoms. The van der Waals surface area contributed by atoms with Gasteiger partial charge >= 0.3 is 0 Å². The van der Waals surface area contributed by atoms with Crippen LogP contribution in [0.25, 0.3) is 0 Å². The highest BCUT2D eigenvalue weighted by Gasteiger charge is 2.21. The van der Waals surface area contributed by atoms with Gasteiger partial charge in [0.25, 0.3) is 0 Å². The van der Waals surface area contributed by atoms with Crippen molar-refractivity contribution in [3.8, 4) is 0 Å². The molecule has 1 fully saturated rings. The van der Waals surface area contributed by atoms with Gasteiger partial charge in [0.15, 0.2) is 0 Å². The molecule has 1 saturated carbocycles. The summed E-state index contributed by atoms with van der Waals surface area (Å²) in [4.78, 5) is 9.38. The van der Waals surface area contributed by atoms with Crippen LogP contribution in [0.4, 0.5) is 11.6 Å². The molecule has 1 heterocycles. The van der Waals surface area contributed by atoms with E-state index in [0.717, 1.165) is 41.8 Å². The number of rotatable bonds is 5. The van der Waals surface area contributed by atoms with E-state index < -0.39 is 0 Å². The summed E-state index contributed by atoms with van der Waals surface area (Å²) >= 11 is 0. The zero-order valence-electron chi connectivity index (χ0n) is 14.0. The van der Waals surface area contributed by atoms with Gasteiger partial charge in [-0.2, -0.15) is 0 Å². The zero-order chi connectivity index (χ0) is 15.2. The van der Waals surface area contributed by atoms with Crippen LogP contribution in [-0.2, 0) is 6.42 Å². The molecule has 0 radical (unpaired) electrons. The number of aryl methyl sites for hydroxylation is 1. The van der Waals surface area contributed by atoms with Crippen LogP contribution < -0.4 is 10.6 Å². The van der Waals surface area contributed by atoms with E-state index >= 15 is 0 Å². The summed E-state index contributed by atoms with van der Waals surface area (Å²) in [7, 11) is 1.93. The topological polar surface area (TPSA) is 49.8 Å². The SMILES string of the molecule is CCCc1nc(NC)c(C)c(NC2CCCCCC2C)n1. The molecule has 2 atom stereocenters. The second-order valence-corrected chi connectivity index (χ2v) is 6.33. The van der Waals surface area contributed by atoms with E-state index in [9.17, 15) is 0 Å². The van der Waals surface area contributed by atoms with Gasteiger partial charge in [-0.25, -0.2) is 9.97 Å². The number of anilines is 2. The molecule has 0 aromatic carbocycles. The molecule has 4 nitrogen and oxygen atoms in total. The van der Waals surface area contributed by atoms with E-state index in [1.165, 1.54) is 32.1 Å². The van der Waals surface area contributed by atoms with Crippen molar-refractivity contribution >= 4 is 11.6 Å². The van der Waals surface area contributed by atoms with Gasteiger partial charge in [0.05, 0.1) is 0 Å². The predicted octanol–water partition coefficient (Wildman–Crippen LogP) is 4.16. The monoisotopic (exact) mass is 290 g/mol. The van der Waals surface area contributed by atoms with E-state index in [2.05, 4.69) is 36.4 Å². The van der Waals surface area contributed by atoms with Crippen LogP contribution in [0.2, 0.25) is 0 Å². The molecule has 2 rings (SSSR count). The normalized spacial score (nSPS) is 22.7. The quantitative estimate of drug-likeness (QED) is 0.799. The molecule has 0 amide bonds. The Morgan fingerprint density at radius 2 is 1.81 bits per heavy atom. The fourth-order valence-corrected chi connectivity index (χ4v) is 3.17. The summed E-state index contributed by atoms with van der Waals surface area (Å²) in [5, 5.41) is 6.93. The lowest BCUT2D eigenvalue weighted by Crippen LogP contribution is -2.27. The van der Waals surface area contributed by atoms with Gasteiger partial charge in [-0.15, -0.1) is 0 Å². The second kappa shape index (κ2) is 7.62. The molecule has 118 valence electrons. The van der Waals surface area contributed by atoms with Crippen molar-refractivity contribution < 1.29 is 0 Å². The Bertz CT molecular complexity index is 458. The average molecular weight is 290 g/mol. The lowest BCUT2D eigenvalue weighted by Gasteiger charge is -2.25. The van der Waals surface area contributed by atoms with E-state index in [1.807, 2.05) is 7.05 Å². The van der Waals surface area contributed by atoms with E-state index in [-0.39, 0.29) is 0 Å². The molecule has 1 aliphatic rings. The fourth-order valence-electron chi connectivity index (χ4n) is 3.17. The summed E-state index contributed by atoms with van der Waals surface area (Å²) in [5.41, 5.74) is 1.13. The van der Waals surface area contributed by atoms with Gasteiger partial charge < -0.3 is 10.6 Å². The minimum absolute atomic E-state index is 0.542. The van der Waals surface area contributed by atoms with E-state index in [0.29, 0.717) is 6.04 Å². The molecule has 0 aliphatic heterocycles. The molecule has 2 N–H and O–H groups in total. The van der Waals surface area contributed by atoms with E-state index in [1.54, 1.807) is 0 Å². The van der Waals surface area contributed by atoms with Crippen molar-refractivity contribution in [2.45, 2.75) is 71.8 Å². The molecule has 4 heteroatoms. The lowest BCUT2D eigenvalue weighted by molar-refractivity contribution is 0.455. The van der Waals surface area contributed by atoms with Gasteiger partial charge in [-0.3, -0.25) is 0 Å². The van der Waals surface area contributed by atoms with Crippen LogP contribution in [0, 0.1) is 12.8 Å². The average Bonchev–Trinajstić information content (AvgIpc) is 2.67. The van der Waals surface area contributed by atoms with Crippen molar-refractivity contribution in [2.75, 3.05) is 17.7 Å². The molecule has 0 saturated heterocycles. The Balaban J connectivity index is 2.22. The van der Waals surface area contributed by atoms with E-state index in [4.69, 9.17) is 4.98 Å². The molecule has 21 heavy (non-hydrogen) atoms. The molecular formula is C17H30N4. The van der Waals surface area contributed by atoms with Crippen LogP contribution in [0.15, 0.2) is 0 Å². The highest BCUT2D eigenvalue weighted by molar-refractivity contribution is 5.57. The first-order valence-corrected chi connectivity index (χ1v) is 8.47. The molecule has 0 spiro atoms.